The molecule has 0 atom stereocenters. The maximum Gasteiger partial charge on any atom is 0.343 e. The number of rotatable bonds is 5. The number of para-hydroxylation sites is 1. The SMILES string of the molecule is Cc1cccc(Nc2ncnc(Sc3cccc4cccnc34)c2[N+](=O)[O-])c1C. The maximum atomic E-state index is 11.9. The van der Waals surface area contributed by atoms with Crippen LogP contribution in [0.15, 0.2) is 71.0 Å². The lowest BCUT2D eigenvalue weighted by Crippen LogP contribution is -2.04. The summed E-state index contributed by atoms with van der Waals surface area (Å²) in [5.41, 5.74) is 3.48. The predicted octanol–water partition coefficient (Wildman–Crippen LogP) is 5.44. The highest BCUT2D eigenvalue weighted by Gasteiger charge is 2.25. The van der Waals surface area contributed by atoms with Gasteiger partial charge >= 0.3 is 5.69 Å². The molecule has 2 aromatic heterocycles. The first kappa shape index (κ1) is 18.8. The van der Waals surface area contributed by atoms with Crippen LogP contribution in [0.1, 0.15) is 11.1 Å². The molecule has 0 spiro atoms. The molecule has 7 nitrogen and oxygen atoms in total. The molecule has 8 heteroatoms. The number of nitrogens with zero attached hydrogens (tertiary/aromatic N) is 4. The van der Waals surface area contributed by atoms with Gasteiger partial charge in [0.25, 0.3) is 0 Å². The average molecular weight is 403 g/mol. The third-order valence-corrected chi connectivity index (χ3v) is 5.67. The fourth-order valence-electron chi connectivity index (χ4n) is 2.97. The molecule has 0 saturated carbocycles. The standard InChI is InChI=1S/C21H17N5O2S/c1-13-6-3-9-16(14(13)2)25-20-19(26(27)28)21(24-12-23-20)29-17-10-4-7-15-8-5-11-22-18(15)17/h3-12H,1-2H3,(H,23,24,25). The third kappa shape index (κ3) is 3.74. The van der Waals surface area contributed by atoms with Crippen LogP contribution in [0, 0.1) is 24.0 Å². The van der Waals surface area contributed by atoms with Gasteiger partial charge in [0.1, 0.15) is 6.33 Å². The zero-order valence-corrected chi connectivity index (χ0v) is 16.6. The molecule has 1 N–H and O–H groups in total. The molecule has 4 aromatic rings. The highest BCUT2D eigenvalue weighted by Crippen LogP contribution is 2.39. The van der Waals surface area contributed by atoms with Gasteiger partial charge in [-0.1, -0.05) is 42.1 Å². The van der Waals surface area contributed by atoms with E-state index >= 15 is 0 Å². The first-order chi connectivity index (χ1) is 14.0. The van der Waals surface area contributed by atoms with Gasteiger partial charge in [-0.25, -0.2) is 9.97 Å². The first-order valence-corrected chi connectivity index (χ1v) is 9.70. The highest BCUT2D eigenvalue weighted by molar-refractivity contribution is 7.99. The molecule has 0 bridgehead atoms. The van der Waals surface area contributed by atoms with Crippen LogP contribution in [-0.4, -0.2) is 19.9 Å². The van der Waals surface area contributed by atoms with Gasteiger partial charge in [0.05, 0.1) is 10.4 Å². The average Bonchev–Trinajstić information content (AvgIpc) is 2.72. The third-order valence-electron chi connectivity index (χ3n) is 4.63. The molecule has 0 unspecified atom stereocenters. The number of nitro groups is 1. The van der Waals surface area contributed by atoms with Crippen LogP contribution in [0.3, 0.4) is 0 Å². The fourth-order valence-corrected chi connectivity index (χ4v) is 3.96. The molecule has 0 aliphatic carbocycles. The minimum Gasteiger partial charge on any atom is -0.334 e. The van der Waals surface area contributed by atoms with E-state index < -0.39 is 4.92 Å². The van der Waals surface area contributed by atoms with Crippen molar-refractivity contribution in [1.29, 1.82) is 0 Å². The van der Waals surface area contributed by atoms with Gasteiger partial charge in [0, 0.05) is 22.2 Å². The Bertz CT molecular complexity index is 1220. The minimum absolute atomic E-state index is 0.161. The van der Waals surface area contributed by atoms with Crippen molar-refractivity contribution in [3.8, 4) is 0 Å². The summed E-state index contributed by atoms with van der Waals surface area (Å²) < 4.78 is 0. The molecule has 0 aliphatic rings. The molecule has 144 valence electrons. The number of anilines is 2. The Labute approximate surface area is 171 Å². The van der Waals surface area contributed by atoms with E-state index in [2.05, 4.69) is 20.3 Å². The molecule has 2 heterocycles. The highest BCUT2D eigenvalue weighted by atomic mass is 32.2. The van der Waals surface area contributed by atoms with E-state index in [1.807, 2.05) is 62.4 Å². The summed E-state index contributed by atoms with van der Waals surface area (Å²) in [5.74, 6) is 0.161. The topological polar surface area (TPSA) is 93.8 Å². The van der Waals surface area contributed by atoms with E-state index in [0.29, 0.717) is 0 Å². The molecule has 29 heavy (non-hydrogen) atoms. The summed E-state index contributed by atoms with van der Waals surface area (Å²) in [6, 6.07) is 15.3. The number of benzene rings is 2. The summed E-state index contributed by atoms with van der Waals surface area (Å²) in [5, 5.41) is 16.2. The number of aromatic nitrogens is 3. The summed E-state index contributed by atoms with van der Waals surface area (Å²) in [7, 11) is 0. The molecule has 0 radical (unpaired) electrons. The lowest BCUT2D eigenvalue weighted by molar-refractivity contribution is -0.387. The van der Waals surface area contributed by atoms with Gasteiger partial charge in [0.2, 0.25) is 5.82 Å². The number of pyridine rings is 1. The molecule has 0 amide bonds. The molecule has 0 aliphatic heterocycles. The van der Waals surface area contributed by atoms with Crippen LogP contribution in [0.4, 0.5) is 17.2 Å². The van der Waals surface area contributed by atoms with Gasteiger partial charge in [-0.15, -0.1) is 0 Å². The van der Waals surface area contributed by atoms with Crippen molar-refractivity contribution in [3.05, 3.63) is 82.3 Å². The van der Waals surface area contributed by atoms with E-state index in [-0.39, 0.29) is 16.5 Å². The minimum atomic E-state index is -0.450. The van der Waals surface area contributed by atoms with Crippen molar-refractivity contribution in [1.82, 2.24) is 15.0 Å². The molecular formula is C21H17N5O2S. The zero-order chi connectivity index (χ0) is 20.4. The van der Waals surface area contributed by atoms with E-state index in [1.165, 1.54) is 18.1 Å². The molecule has 0 saturated heterocycles. The van der Waals surface area contributed by atoms with Crippen molar-refractivity contribution < 1.29 is 4.92 Å². The molecule has 2 aromatic carbocycles. The largest absolute Gasteiger partial charge is 0.343 e. The monoisotopic (exact) mass is 403 g/mol. The quantitative estimate of drug-likeness (QED) is 0.269. The summed E-state index contributed by atoms with van der Waals surface area (Å²) in [6.07, 6.45) is 3.04. The van der Waals surface area contributed by atoms with E-state index in [1.54, 1.807) is 6.20 Å². The number of nitrogens with one attached hydrogen (secondary N) is 1. The summed E-state index contributed by atoms with van der Waals surface area (Å²) >= 11 is 1.21. The lowest BCUT2D eigenvalue weighted by atomic mass is 10.1. The second-order valence-electron chi connectivity index (χ2n) is 6.44. The summed E-state index contributed by atoms with van der Waals surface area (Å²) in [6.45, 7) is 3.95. The Hall–Kier alpha value is -3.52. The zero-order valence-electron chi connectivity index (χ0n) is 15.8. The Morgan fingerprint density at radius 2 is 1.79 bits per heavy atom. The summed E-state index contributed by atoms with van der Waals surface area (Å²) in [4.78, 5) is 25.0. The van der Waals surface area contributed by atoms with Crippen molar-refractivity contribution in [2.45, 2.75) is 23.8 Å². The van der Waals surface area contributed by atoms with Gasteiger partial charge in [-0.3, -0.25) is 15.1 Å². The Morgan fingerprint density at radius 1 is 1.00 bits per heavy atom. The van der Waals surface area contributed by atoms with Crippen LogP contribution < -0.4 is 5.32 Å². The number of hydrogen-bond acceptors (Lipinski definition) is 7. The Morgan fingerprint density at radius 3 is 2.62 bits per heavy atom. The van der Waals surface area contributed by atoms with Crippen molar-refractivity contribution in [3.63, 3.8) is 0 Å². The van der Waals surface area contributed by atoms with E-state index in [9.17, 15) is 10.1 Å². The Kier molecular flexibility index (Phi) is 5.09. The van der Waals surface area contributed by atoms with E-state index in [0.717, 1.165) is 32.6 Å². The van der Waals surface area contributed by atoms with Crippen LogP contribution >= 0.6 is 11.8 Å². The van der Waals surface area contributed by atoms with Gasteiger partial charge in [-0.2, -0.15) is 0 Å². The smallest absolute Gasteiger partial charge is 0.334 e. The van der Waals surface area contributed by atoms with Crippen molar-refractivity contribution in [2.24, 2.45) is 0 Å². The predicted molar refractivity (Wildman–Crippen MR) is 114 cm³/mol. The van der Waals surface area contributed by atoms with Crippen LogP contribution in [0.2, 0.25) is 0 Å². The van der Waals surface area contributed by atoms with Gasteiger partial charge < -0.3 is 5.32 Å². The molecule has 0 fully saturated rings. The van der Waals surface area contributed by atoms with Gasteiger partial charge in [0.15, 0.2) is 5.03 Å². The second-order valence-corrected chi connectivity index (χ2v) is 7.47. The van der Waals surface area contributed by atoms with Crippen molar-refractivity contribution in [2.75, 3.05) is 5.32 Å². The van der Waals surface area contributed by atoms with Crippen molar-refractivity contribution >= 4 is 39.9 Å². The lowest BCUT2D eigenvalue weighted by Gasteiger charge is -2.12. The fraction of sp³-hybridized carbons (Fsp3) is 0.0952. The maximum absolute atomic E-state index is 11.9. The van der Waals surface area contributed by atoms with Crippen LogP contribution in [0.25, 0.3) is 10.9 Å². The number of fused-ring (bicyclic) bond motifs is 1. The number of hydrogen-bond donors (Lipinski definition) is 1. The normalized spacial score (nSPS) is 10.8. The van der Waals surface area contributed by atoms with Gasteiger partial charge in [-0.05, 0) is 43.2 Å². The number of aryl methyl sites for hydroxylation is 1. The Balaban J connectivity index is 1.77. The van der Waals surface area contributed by atoms with E-state index in [4.69, 9.17) is 0 Å². The molecular weight excluding hydrogens is 386 g/mol. The molecule has 4 rings (SSSR count). The van der Waals surface area contributed by atoms with Crippen LogP contribution in [-0.2, 0) is 0 Å². The van der Waals surface area contributed by atoms with Crippen LogP contribution in [0.5, 0.6) is 0 Å². The first-order valence-electron chi connectivity index (χ1n) is 8.89. The second kappa shape index (κ2) is 7.84.